The maximum absolute atomic E-state index is 16.6. The van der Waals surface area contributed by atoms with Crippen LogP contribution in [-0.4, -0.2) is 214 Å². The van der Waals surface area contributed by atoms with Gasteiger partial charge in [-0.05, 0) is 215 Å². The van der Waals surface area contributed by atoms with Crippen molar-refractivity contribution in [3.63, 3.8) is 0 Å². The lowest BCUT2D eigenvalue weighted by Gasteiger charge is -2.54. The molecule has 4 saturated carbocycles. The van der Waals surface area contributed by atoms with Crippen molar-refractivity contribution in [1.29, 1.82) is 0 Å². The van der Waals surface area contributed by atoms with Gasteiger partial charge in [0, 0.05) is 30.3 Å². The van der Waals surface area contributed by atoms with E-state index in [1.807, 2.05) is 4.72 Å². The van der Waals surface area contributed by atoms with Gasteiger partial charge in [0.15, 0.2) is 11.5 Å². The quantitative estimate of drug-likeness (QED) is 0.0331. The molecule has 700 valence electrons. The topological polar surface area (TPSA) is 568 Å². The summed E-state index contributed by atoms with van der Waals surface area (Å²) in [6.07, 6.45) is -13.2. The number of phenols is 3. The first-order valence-electron chi connectivity index (χ1n) is 42.1. The molecule has 15 bridgehead atoms. The molecular formula is C89H99Cl2N9O29S2. The third-order valence-corrected chi connectivity index (χ3v) is 27.3. The normalized spacial score (nSPS) is 26.2. The Morgan fingerprint density at radius 1 is 0.611 bits per heavy atom. The molecule has 9 amide bonds. The number of ether oxygens (including phenoxy) is 6. The molecule has 0 unspecified atom stereocenters. The molecule has 6 heterocycles. The minimum atomic E-state index is -5.10. The van der Waals surface area contributed by atoms with Crippen LogP contribution < -0.4 is 60.9 Å². The number of hydrogen-bond acceptors (Lipinski definition) is 29. The third-order valence-electron chi connectivity index (χ3n) is 24.0. The summed E-state index contributed by atoms with van der Waals surface area (Å²) in [6.45, 7) is 7.92. The van der Waals surface area contributed by atoms with Gasteiger partial charge in [-0.3, -0.25) is 47.4 Å². The molecule has 7 aromatic carbocycles. The van der Waals surface area contributed by atoms with Gasteiger partial charge in [0.1, 0.15) is 132 Å². The minimum absolute atomic E-state index is 0.0276. The van der Waals surface area contributed by atoms with Crippen molar-refractivity contribution in [1.82, 2.24) is 46.8 Å². The first-order chi connectivity index (χ1) is 61.9. The Hall–Kier alpha value is -11.7. The number of rotatable bonds is 20. The summed E-state index contributed by atoms with van der Waals surface area (Å²) >= 11 is 14.3. The van der Waals surface area contributed by atoms with Crippen LogP contribution in [0.1, 0.15) is 143 Å². The number of carbonyl (C=O) groups excluding carboxylic acids is 9. The molecule has 17 rings (SSSR count). The number of hydrogen-bond donors (Lipinski definition) is 17. The van der Waals surface area contributed by atoms with E-state index in [4.69, 9.17) is 55.8 Å². The van der Waals surface area contributed by atoms with E-state index in [9.17, 15) is 72.4 Å². The Labute approximate surface area is 761 Å². The van der Waals surface area contributed by atoms with Gasteiger partial charge in [0.2, 0.25) is 59.3 Å². The monoisotopic (exact) mass is 1890 g/mol. The van der Waals surface area contributed by atoms with E-state index >= 15 is 33.6 Å². The fraction of sp³-hybridized carbons (Fsp3) is 0.427. The van der Waals surface area contributed by atoms with Crippen LogP contribution >= 0.6 is 23.2 Å². The fourth-order valence-electron chi connectivity index (χ4n) is 17.7. The SMILES string of the molecule is Cc1ccc(S(=O)(=O)OCCOc2ccc(S(=O)(=O)NC(=O)C[C@@H]3NC(=O)[C@H](NC(=O)[C@@H](CC(C)C)N(C)C(=O)OC(C)(C)C)[C@H](O)c4ccc(c(Cl)c4)Oc4cc5cc(c4O[C@@H]4O[C@H](CO)[C@@H](O)[C@H](O)[C@H]4O)Oc4ccc(cc4Cl)[C@@H](O)[C@@H]4NC(=O)[C@H](NC(=O)[C@@H]5NC3=O)c3ccc(O)c(c3)-c3c(O)cc(O)cc3[C@@H](C(=O)NC3C5CC6CC(C5)CC3C6)NC4=O)cc2)cc1. The number of halogens is 2. The number of phenolic OH excluding ortho intramolecular Hbond substituents is 3. The number of aryl methyl sites for hydroxylation is 1. The van der Waals surface area contributed by atoms with Crippen molar-refractivity contribution in [2.45, 2.75) is 193 Å². The smallest absolute Gasteiger partial charge is 0.410 e. The van der Waals surface area contributed by atoms with E-state index in [1.54, 1.807) is 53.7 Å². The standard InChI is InChI=1S/C89H99Cl2N9O29S2/c1-39(2)24-58(100(7)88(118)129-89(4,5)6)81(112)97-72-74(106)44-11-20-61(55(90)31-44)125-63-33-48-34-64(79(63)128-87-78(110)77(109)76(108)65(38-101)127-87)126-62-21-12-45(32-56(62)91)75(107)73-86(117)96-71(84(115)93-68-46-26-41-25-42(28-46)29-47(68)27-41)54-35-49(102)36-60(104)67(54)53-30-43(10-19-59(53)103)69(82(113)98-73)95-83(114)70(48)94-80(111)57(92-85(72)116)37-66(105)99-130(119,120)51-17-13-50(14-18-51)123-22-23-124-131(121,122)52-15-8-40(3)9-16-52/h8-21,30-36,39,41-42,46-47,57-58,65,68-78,87,101-104,106-110H,22-29,37-38H2,1-7H3,(H,92,116)(H,93,115)(H,94,111)(H,95,114)(H,96,117)(H,97,112)(H,98,113)(H,99,105)/t41?,42?,46?,47?,57-,58+,65+,68?,69+,70+,71-,72+,73-,74+,75+,76+,77-,78+,87-/m0/s1. The first kappa shape index (κ1) is 95.4. The van der Waals surface area contributed by atoms with Crippen molar-refractivity contribution < 1.29 is 139 Å². The van der Waals surface area contributed by atoms with E-state index < -0.39 is 274 Å². The maximum Gasteiger partial charge on any atom is 0.410 e. The second-order valence-electron chi connectivity index (χ2n) is 35.0. The molecular weight excluding hydrogens is 1790 g/mol. The number of fused-ring (bicyclic) bond motifs is 15. The van der Waals surface area contributed by atoms with Crippen molar-refractivity contribution in [2.75, 3.05) is 26.9 Å². The summed E-state index contributed by atoms with van der Waals surface area (Å²) < 4.78 is 98.3. The molecule has 7 aromatic rings. The van der Waals surface area contributed by atoms with Gasteiger partial charge in [-0.25, -0.2) is 17.9 Å². The first-order valence-corrected chi connectivity index (χ1v) is 45.7. The molecule has 10 aliphatic rings. The molecule has 17 N–H and O–H groups in total. The second kappa shape index (κ2) is 38.6. The number of benzene rings is 7. The predicted octanol–water partition coefficient (Wildman–Crippen LogP) is 5.49. The van der Waals surface area contributed by atoms with Crippen LogP contribution in [0.4, 0.5) is 4.79 Å². The molecule has 131 heavy (non-hydrogen) atoms. The lowest BCUT2D eigenvalue weighted by molar-refractivity contribution is -0.277. The summed E-state index contributed by atoms with van der Waals surface area (Å²) in [6, 6.07) is 7.62. The number of carbonyl (C=O) groups is 9. The number of nitrogens with one attached hydrogen (secondary N) is 8. The number of aliphatic hydroxyl groups excluding tert-OH is 6. The zero-order valence-electron chi connectivity index (χ0n) is 71.5. The van der Waals surface area contributed by atoms with Crippen LogP contribution in [0.15, 0.2) is 137 Å². The zero-order chi connectivity index (χ0) is 94.5. The van der Waals surface area contributed by atoms with Crippen LogP contribution in [-0.2, 0) is 72.2 Å². The van der Waals surface area contributed by atoms with Crippen LogP contribution in [0.25, 0.3) is 11.1 Å². The molecule has 0 aromatic heterocycles. The molecule has 4 aliphatic carbocycles. The Morgan fingerprint density at radius 2 is 1.20 bits per heavy atom. The van der Waals surface area contributed by atoms with Gasteiger partial charge in [0.25, 0.3) is 20.1 Å². The molecule has 38 nitrogen and oxygen atoms in total. The summed E-state index contributed by atoms with van der Waals surface area (Å²) in [5, 5.41) is 123. The van der Waals surface area contributed by atoms with E-state index in [0.29, 0.717) is 11.8 Å². The molecule has 1 saturated heterocycles. The predicted molar refractivity (Wildman–Crippen MR) is 462 cm³/mol. The highest BCUT2D eigenvalue weighted by atomic mass is 35.5. The Balaban J connectivity index is 0.917. The second-order valence-corrected chi connectivity index (χ2v) is 39.2. The third kappa shape index (κ3) is 21.1. The number of aliphatic hydroxyl groups is 6. The molecule has 0 spiro atoms. The van der Waals surface area contributed by atoms with Gasteiger partial charge >= 0.3 is 6.09 Å². The molecule has 5 fully saturated rings. The summed E-state index contributed by atoms with van der Waals surface area (Å²) in [7, 11) is -8.12. The molecule has 0 radical (unpaired) electrons. The highest BCUT2D eigenvalue weighted by Gasteiger charge is 2.52. The lowest BCUT2D eigenvalue weighted by atomic mass is 9.54. The van der Waals surface area contributed by atoms with E-state index in [0.717, 1.165) is 140 Å². The highest BCUT2D eigenvalue weighted by molar-refractivity contribution is 7.90. The fourth-order valence-corrected chi connectivity index (χ4v) is 20.0. The average molecular weight is 1890 g/mol. The van der Waals surface area contributed by atoms with Crippen molar-refractivity contribution in [3.8, 4) is 62.9 Å². The van der Waals surface area contributed by atoms with Crippen LogP contribution in [0.5, 0.6) is 51.7 Å². The lowest BCUT2D eigenvalue weighted by Crippen LogP contribution is -2.60. The minimum Gasteiger partial charge on any atom is -0.508 e. The van der Waals surface area contributed by atoms with Crippen LogP contribution in [0.2, 0.25) is 10.0 Å². The van der Waals surface area contributed by atoms with E-state index in [1.165, 1.54) is 25.2 Å². The van der Waals surface area contributed by atoms with Crippen molar-refractivity contribution in [2.24, 2.45) is 29.6 Å². The van der Waals surface area contributed by atoms with Gasteiger partial charge in [-0.15, -0.1) is 0 Å². The highest BCUT2D eigenvalue weighted by Crippen LogP contribution is 2.55. The van der Waals surface area contributed by atoms with Gasteiger partial charge in [-0.1, -0.05) is 72.9 Å². The number of nitrogens with zero attached hydrogens (tertiary/aromatic N) is 1. The summed E-state index contributed by atoms with van der Waals surface area (Å²) in [5.41, 5.74) is -3.10. The Bertz CT molecular complexity index is 5820. The van der Waals surface area contributed by atoms with Crippen molar-refractivity contribution in [3.05, 3.63) is 171 Å². The van der Waals surface area contributed by atoms with E-state index in [2.05, 4.69) is 37.2 Å². The number of amides is 9. The van der Waals surface area contributed by atoms with Crippen LogP contribution in [0, 0.1) is 36.5 Å². The molecule has 14 atom stereocenters. The van der Waals surface area contributed by atoms with Gasteiger partial charge in [-0.2, -0.15) is 8.42 Å². The maximum atomic E-state index is 16.6. The summed E-state index contributed by atoms with van der Waals surface area (Å²) in [4.78, 5) is 140. The van der Waals surface area contributed by atoms with Gasteiger partial charge in [0.05, 0.1) is 32.9 Å². The van der Waals surface area contributed by atoms with Crippen molar-refractivity contribution >= 4 is 96.7 Å². The largest absolute Gasteiger partial charge is 0.508 e. The number of aromatic hydroxyl groups is 3. The zero-order valence-corrected chi connectivity index (χ0v) is 74.6. The number of likely N-dealkylation sites (N-methyl/N-ethyl adjacent to an activating group) is 1. The average Bonchev–Trinajstić information content (AvgIpc) is 0.753. The van der Waals surface area contributed by atoms with Gasteiger partial charge < -0.3 is 112 Å². The summed E-state index contributed by atoms with van der Waals surface area (Å²) in [5.74, 6) is -15.9. The van der Waals surface area contributed by atoms with E-state index in [-0.39, 0.29) is 57.8 Å². The Kier molecular flexibility index (Phi) is 28.1. The van der Waals surface area contributed by atoms with Crippen LogP contribution in [0.3, 0.4) is 0 Å². The molecule has 6 aliphatic heterocycles. The number of sulfonamides is 1. The molecule has 42 heteroatoms. The Morgan fingerprint density at radius 3 is 1.80 bits per heavy atom.